The van der Waals surface area contributed by atoms with Crippen molar-refractivity contribution in [2.45, 2.75) is 37.9 Å². The lowest BCUT2D eigenvalue weighted by atomic mass is 10.1. The van der Waals surface area contributed by atoms with Crippen molar-refractivity contribution in [3.8, 4) is 0 Å². The van der Waals surface area contributed by atoms with Gasteiger partial charge in [-0.05, 0) is 31.0 Å². The Labute approximate surface area is 132 Å². The van der Waals surface area contributed by atoms with Crippen LogP contribution in [0.4, 0.5) is 30.6 Å². The predicted molar refractivity (Wildman–Crippen MR) is 82.6 cm³/mol. The molecule has 1 aromatic carbocycles. The molecule has 1 aliphatic rings. The lowest BCUT2D eigenvalue weighted by molar-refractivity contribution is -0.136. The van der Waals surface area contributed by atoms with Gasteiger partial charge >= 0.3 is 6.18 Å². The van der Waals surface area contributed by atoms with Crippen LogP contribution >= 0.6 is 0 Å². The number of halogens is 3. The zero-order valence-electron chi connectivity index (χ0n) is 12.4. The Morgan fingerprint density at radius 3 is 2.52 bits per heavy atom. The van der Waals surface area contributed by atoms with E-state index in [0.29, 0.717) is 11.9 Å². The highest BCUT2D eigenvalue weighted by molar-refractivity contribution is 5.60. The molecule has 3 rings (SSSR count). The Kier molecular flexibility index (Phi) is 4.36. The van der Waals surface area contributed by atoms with Gasteiger partial charge in [-0.1, -0.05) is 25.0 Å². The van der Waals surface area contributed by atoms with Crippen molar-refractivity contribution in [1.29, 1.82) is 0 Å². The van der Waals surface area contributed by atoms with E-state index in [2.05, 4.69) is 20.6 Å². The summed E-state index contributed by atoms with van der Waals surface area (Å²) in [5.74, 6) is 0.767. The van der Waals surface area contributed by atoms with E-state index in [1.807, 2.05) is 0 Å². The standard InChI is InChI=1S/C16H17F3N4/c17-16(18,19)12-7-3-4-8-13(12)22-15-20-10-9-14(23-15)21-11-5-1-2-6-11/h3-4,7-11H,1-2,5-6H2,(H2,20,21,22,23). The van der Waals surface area contributed by atoms with E-state index < -0.39 is 11.7 Å². The summed E-state index contributed by atoms with van der Waals surface area (Å²) in [5.41, 5.74) is -0.796. The number of rotatable bonds is 4. The number of benzene rings is 1. The minimum absolute atomic E-state index is 0.0574. The third-order valence-corrected chi connectivity index (χ3v) is 3.84. The summed E-state index contributed by atoms with van der Waals surface area (Å²) in [6.45, 7) is 0. The molecular weight excluding hydrogens is 305 g/mol. The maximum Gasteiger partial charge on any atom is 0.418 e. The number of alkyl halides is 3. The zero-order chi connectivity index (χ0) is 16.3. The molecule has 122 valence electrons. The molecule has 1 aromatic heterocycles. The van der Waals surface area contributed by atoms with E-state index in [4.69, 9.17) is 0 Å². The number of anilines is 3. The lowest BCUT2D eigenvalue weighted by Gasteiger charge is -2.15. The second-order valence-corrected chi connectivity index (χ2v) is 5.56. The third-order valence-electron chi connectivity index (χ3n) is 3.84. The van der Waals surface area contributed by atoms with Crippen LogP contribution in [-0.4, -0.2) is 16.0 Å². The normalized spacial score (nSPS) is 15.6. The topological polar surface area (TPSA) is 49.8 Å². The van der Waals surface area contributed by atoms with Crippen LogP contribution in [0.2, 0.25) is 0 Å². The SMILES string of the molecule is FC(F)(F)c1ccccc1Nc1nccc(NC2CCCC2)n1. The maximum absolute atomic E-state index is 13.0. The summed E-state index contributed by atoms with van der Waals surface area (Å²) in [5, 5.41) is 5.96. The van der Waals surface area contributed by atoms with Crippen molar-refractivity contribution in [2.75, 3.05) is 10.6 Å². The molecule has 4 nitrogen and oxygen atoms in total. The van der Waals surface area contributed by atoms with Gasteiger partial charge in [-0.3, -0.25) is 0 Å². The fourth-order valence-electron chi connectivity index (χ4n) is 2.74. The number of nitrogens with zero attached hydrogens (tertiary/aromatic N) is 2. The highest BCUT2D eigenvalue weighted by Crippen LogP contribution is 2.35. The fourth-order valence-corrected chi connectivity index (χ4v) is 2.74. The monoisotopic (exact) mass is 322 g/mol. The van der Waals surface area contributed by atoms with Crippen LogP contribution in [0.15, 0.2) is 36.5 Å². The molecule has 1 heterocycles. The molecule has 1 aliphatic carbocycles. The molecule has 1 saturated carbocycles. The first-order chi connectivity index (χ1) is 11.0. The maximum atomic E-state index is 13.0. The fraction of sp³-hybridized carbons (Fsp3) is 0.375. The Morgan fingerprint density at radius 2 is 1.78 bits per heavy atom. The molecule has 0 atom stereocenters. The minimum Gasteiger partial charge on any atom is -0.367 e. The van der Waals surface area contributed by atoms with E-state index in [1.54, 1.807) is 6.07 Å². The van der Waals surface area contributed by atoms with E-state index in [9.17, 15) is 13.2 Å². The number of nitrogens with one attached hydrogen (secondary N) is 2. The molecule has 2 N–H and O–H groups in total. The molecule has 0 amide bonds. The first-order valence-electron chi connectivity index (χ1n) is 7.55. The van der Waals surface area contributed by atoms with Crippen molar-refractivity contribution in [2.24, 2.45) is 0 Å². The molecule has 1 fully saturated rings. The van der Waals surface area contributed by atoms with Crippen LogP contribution in [0.25, 0.3) is 0 Å². The highest BCUT2D eigenvalue weighted by atomic mass is 19.4. The van der Waals surface area contributed by atoms with Gasteiger partial charge in [0.1, 0.15) is 5.82 Å². The minimum atomic E-state index is -4.43. The molecule has 0 spiro atoms. The molecule has 2 aromatic rings. The van der Waals surface area contributed by atoms with Crippen molar-refractivity contribution in [3.63, 3.8) is 0 Å². The van der Waals surface area contributed by atoms with Gasteiger partial charge in [0.25, 0.3) is 0 Å². The summed E-state index contributed by atoms with van der Waals surface area (Å²) in [4.78, 5) is 8.26. The summed E-state index contributed by atoms with van der Waals surface area (Å²) in [6, 6.07) is 7.39. The molecule has 0 radical (unpaired) electrons. The van der Waals surface area contributed by atoms with Crippen molar-refractivity contribution in [1.82, 2.24) is 9.97 Å². The molecule has 0 aliphatic heterocycles. The van der Waals surface area contributed by atoms with Gasteiger partial charge < -0.3 is 10.6 Å². The van der Waals surface area contributed by atoms with Crippen molar-refractivity contribution < 1.29 is 13.2 Å². The second-order valence-electron chi connectivity index (χ2n) is 5.56. The van der Waals surface area contributed by atoms with Crippen molar-refractivity contribution >= 4 is 17.5 Å². The molecule has 0 bridgehead atoms. The van der Waals surface area contributed by atoms with Gasteiger partial charge in [0, 0.05) is 12.2 Å². The first-order valence-corrected chi connectivity index (χ1v) is 7.55. The van der Waals surface area contributed by atoms with Gasteiger partial charge in [0.15, 0.2) is 0 Å². The average Bonchev–Trinajstić information content (AvgIpc) is 3.00. The molecule has 0 unspecified atom stereocenters. The lowest BCUT2D eigenvalue weighted by Crippen LogP contribution is -2.16. The largest absolute Gasteiger partial charge is 0.418 e. The Hall–Kier alpha value is -2.31. The van der Waals surface area contributed by atoms with Crippen molar-refractivity contribution in [3.05, 3.63) is 42.1 Å². The second kappa shape index (κ2) is 6.44. The van der Waals surface area contributed by atoms with Gasteiger partial charge in [-0.15, -0.1) is 0 Å². The molecule has 0 saturated heterocycles. The number of hydrogen-bond acceptors (Lipinski definition) is 4. The summed E-state index contributed by atoms with van der Waals surface area (Å²) >= 11 is 0. The van der Waals surface area contributed by atoms with Crippen LogP contribution in [0.3, 0.4) is 0 Å². The van der Waals surface area contributed by atoms with E-state index in [1.165, 1.54) is 37.2 Å². The van der Waals surface area contributed by atoms with Gasteiger partial charge in [-0.25, -0.2) is 4.98 Å². The average molecular weight is 322 g/mol. The molecule has 7 heteroatoms. The van der Waals surface area contributed by atoms with Gasteiger partial charge in [0.2, 0.25) is 5.95 Å². The van der Waals surface area contributed by atoms with Crippen LogP contribution < -0.4 is 10.6 Å². The molecule has 23 heavy (non-hydrogen) atoms. The van der Waals surface area contributed by atoms with E-state index in [-0.39, 0.29) is 11.6 Å². The Balaban J connectivity index is 1.78. The van der Waals surface area contributed by atoms with Crippen LogP contribution in [0.5, 0.6) is 0 Å². The van der Waals surface area contributed by atoms with Gasteiger partial charge in [-0.2, -0.15) is 18.2 Å². The predicted octanol–water partition coefficient (Wildman–Crippen LogP) is 4.59. The molecular formula is C16H17F3N4. The third kappa shape index (κ3) is 3.91. The summed E-state index contributed by atoms with van der Waals surface area (Å²) in [6.07, 6.45) is 1.65. The van der Waals surface area contributed by atoms with Gasteiger partial charge in [0.05, 0.1) is 11.3 Å². The number of hydrogen-bond donors (Lipinski definition) is 2. The smallest absolute Gasteiger partial charge is 0.367 e. The van der Waals surface area contributed by atoms with Crippen LogP contribution in [0, 0.1) is 0 Å². The first kappa shape index (κ1) is 15.6. The summed E-state index contributed by atoms with van der Waals surface area (Å²) in [7, 11) is 0. The van der Waals surface area contributed by atoms with E-state index >= 15 is 0 Å². The van der Waals surface area contributed by atoms with Crippen LogP contribution in [-0.2, 0) is 6.18 Å². The Morgan fingerprint density at radius 1 is 1.04 bits per heavy atom. The van der Waals surface area contributed by atoms with Crippen LogP contribution in [0.1, 0.15) is 31.2 Å². The Bertz CT molecular complexity index is 666. The quantitative estimate of drug-likeness (QED) is 0.864. The number of aromatic nitrogens is 2. The van der Waals surface area contributed by atoms with E-state index in [0.717, 1.165) is 18.9 Å². The zero-order valence-corrected chi connectivity index (χ0v) is 12.4. The number of para-hydroxylation sites is 1. The summed E-state index contributed by atoms with van der Waals surface area (Å²) < 4.78 is 39.0. The highest BCUT2D eigenvalue weighted by Gasteiger charge is 2.33.